The fraction of sp³-hybridized carbons (Fsp3) is 0.667. The van der Waals surface area contributed by atoms with Gasteiger partial charge in [-0.25, -0.2) is 4.79 Å². The van der Waals surface area contributed by atoms with Gasteiger partial charge in [-0.2, -0.15) is 0 Å². The van der Waals surface area contributed by atoms with Crippen molar-refractivity contribution in [1.29, 1.82) is 0 Å². The van der Waals surface area contributed by atoms with Gasteiger partial charge in [0.05, 0.1) is 5.41 Å². The van der Waals surface area contributed by atoms with E-state index in [1.54, 1.807) is 0 Å². The number of urea groups is 1. The van der Waals surface area contributed by atoms with E-state index in [0.717, 1.165) is 77.9 Å². The van der Waals surface area contributed by atoms with Crippen LogP contribution >= 0.6 is 0 Å². The van der Waals surface area contributed by atoms with Crippen molar-refractivity contribution >= 4 is 17.7 Å². The van der Waals surface area contributed by atoms with Crippen LogP contribution in [-0.2, 0) is 9.53 Å². The number of hydrogen-bond donors (Lipinski definition) is 0. The summed E-state index contributed by atoms with van der Waals surface area (Å²) in [4.78, 5) is 34.2. The Morgan fingerprint density at radius 3 is 2.23 bits per heavy atom. The molecule has 168 valence electrons. The fourth-order valence-corrected chi connectivity index (χ4v) is 5.70. The molecule has 1 aromatic carbocycles. The average Bonchev–Trinajstić information content (AvgIpc) is 3.44. The van der Waals surface area contributed by atoms with Crippen LogP contribution in [0.3, 0.4) is 0 Å². The Bertz CT molecular complexity index is 779. The van der Waals surface area contributed by atoms with Crippen molar-refractivity contribution in [3.63, 3.8) is 0 Å². The molecule has 7 nitrogen and oxygen atoms in total. The molecule has 4 heterocycles. The number of hydrogen-bond acceptors (Lipinski definition) is 5. The molecule has 1 atom stereocenters. The second kappa shape index (κ2) is 8.69. The molecule has 2 amide bonds. The van der Waals surface area contributed by atoms with Gasteiger partial charge in [0, 0.05) is 71.0 Å². The number of piperidine rings is 1. The quantitative estimate of drug-likeness (QED) is 0.695. The maximum absolute atomic E-state index is 12.8. The third kappa shape index (κ3) is 4.25. The van der Waals surface area contributed by atoms with Crippen LogP contribution in [0, 0.1) is 5.41 Å². The minimum absolute atomic E-state index is 0.0170. The van der Waals surface area contributed by atoms with Crippen LogP contribution in [0.4, 0.5) is 10.5 Å². The molecule has 0 saturated carbocycles. The Hall–Kier alpha value is -2.28. The van der Waals surface area contributed by atoms with Gasteiger partial charge in [0.15, 0.2) is 0 Å². The lowest BCUT2D eigenvalue weighted by atomic mass is 9.76. The highest BCUT2D eigenvalue weighted by molar-refractivity contribution is 5.80. The number of rotatable bonds is 3. The number of ether oxygens (including phenoxy) is 1. The highest BCUT2D eigenvalue weighted by Gasteiger charge is 2.51. The summed E-state index contributed by atoms with van der Waals surface area (Å²) in [6.45, 7) is 7.92. The molecule has 0 aromatic heterocycles. The van der Waals surface area contributed by atoms with Gasteiger partial charge in [-0.05, 0) is 37.8 Å². The first-order valence-corrected chi connectivity index (χ1v) is 11.9. The van der Waals surface area contributed by atoms with E-state index < -0.39 is 0 Å². The number of nitrogens with zero attached hydrogens (tertiary/aromatic N) is 4. The molecule has 4 fully saturated rings. The second-order valence-electron chi connectivity index (χ2n) is 9.60. The van der Waals surface area contributed by atoms with E-state index >= 15 is 0 Å². The molecular weight excluding hydrogens is 392 g/mol. The van der Waals surface area contributed by atoms with Crippen LogP contribution in [0.5, 0.6) is 0 Å². The molecule has 4 saturated heterocycles. The number of para-hydroxylation sites is 1. The van der Waals surface area contributed by atoms with Crippen molar-refractivity contribution in [1.82, 2.24) is 14.7 Å². The number of benzene rings is 1. The van der Waals surface area contributed by atoms with E-state index in [4.69, 9.17) is 4.74 Å². The third-order valence-corrected chi connectivity index (χ3v) is 7.65. The summed E-state index contributed by atoms with van der Waals surface area (Å²) in [5.41, 5.74) is 0.904. The van der Waals surface area contributed by atoms with Gasteiger partial charge < -0.3 is 19.4 Å². The first-order chi connectivity index (χ1) is 15.1. The Labute approximate surface area is 184 Å². The highest BCUT2D eigenvalue weighted by atomic mass is 16.6. The number of likely N-dealkylation sites (tertiary alicyclic amines) is 2. The lowest BCUT2D eigenvalue weighted by Gasteiger charge is -2.38. The number of piperazine rings is 1. The van der Waals surface area contributed by atoms with Crippen molar-refractivity contribution in [2.24, 2.45) is 5.41 Å². The van der Waals surface area contributed by atoms with E-state index in [0.29, 0.717) is 13.1 Å². The molecular formula is C24H34N4O3. The van der Waals surface area contributed by atoms with Crippen molar-refractivity contribution < 1.29 is 14.3 Å². The van der Waals surface area contributed by atoms with Gasteiger partial charge in [-0.15, -0.1) is 0 Å². The number of anilines is 1. The van der Waals surface area contributed by atoms with Crippen LogP contribution in [0.25, 0.3) is 0 Å². The zero-order chi connectivity index (χ0) is 21.3. The molecule has 0 N–H and O–H groups in total. The molecule has 0 aliphatic carbocycles. The van der Waals surface area contributed by atoms with E-state index in [-0.39, 0.29) is 23.5 Å². The van der Waals surface area contributed by atoms with Crippen LogP contribution in [0.1, 0.15) is 32.1 Å². The predicted molar refractivity (Wildman–Crippen MR) is 119 cm³/mol. The standard InChI is InChI=1S/C24H34N4O3/c29-22-24(8-12-28(13-9-24)23(30)27-10-4-5-11-27)18-21(31-22)19-25-14-16-26(17-15-25)20-6-2-1-3-7-20/h1-3,6-7,21H,4-5,8-19H2. The van der Waals surface area contributed by atoms with Crippen LogP contribution in [-0.4, -0.2) is 91.7 Å². The van der Waals surface area contributed by atoms with Crippen LogP contribution < -0.4 is 4.90 Å². The molecule has 1 aromatic rings. The summed E-state index contributed by atoms with van der Waals surface area (Å²) < 4.78 is 5.86. The molecule has 4 aliphatic rings. The Morgan fingerprint density at radius 1 is 0.903 bits per heavy atom. The lowest BCUT2D eigenvalue weighted by Crippen LogP contribution is -2.49. The zero-order valence-electron chi connectivity index (χ0n) is 18.4. The van der Waals surface area contributed by atoms with Gasteiger partial charge in [0.25, 0.3) is 0 Å². The summed E-state index contributed by atoms with van der Waals surface area (Å²) >= 11 is 0. The van der Waals surface area contributed by atoms with E-state index in [9.17, 15) is 9.59 Å². The maximum atomic E-state index is 12.8. The summed E-state index contributed by atoms with van der Waals surface area (Å²) in [5, 5.41) is 0. The minimum atomic E-state index is -0.377. The molecule has 1 spiro atoms. The largest absolute Gasteiger partial charge is 0.461 e. The normalized spacial score (nSPS) is 26.5. The van der Waals surface area contributed by atoms with Crippen LogP contribution in [0.15, 0.2) is 30.3 Å². The summed E-state index contributed by atoms with van der Waals surface area (Å²) in [5.74, 6) is -0.0336. The zero-order valence-corrected chi connectivity index (χ0v) is 18.4. The van der Waals surface area contributed by atoms with Crippen molar-refractivity contribution in [3.8, 4) is 0 Å². The molecule has 7 heteroatoms. The van der Waals surface area contributed by atoms with Crippen molar-refractivity contribution in [2.75, 3.05) is 63.8 Å². The minimum Gasteiger partial charge on any atom is -0.461 e. The summed E-state index contributed by atoms with van der Waals surface area (Å²) in [6, 6.07) is 10.7. The summed E-state index contributed by atoms with van der Waals surface area (Å²) in [7, 11) is 0. The topological polar surface area (TPSA) is 56.3 Å². The first-order valence-electron chi connectivity index (χ1n) is 11.9. The summed E-state index contributed by atoms with van der Waals surface area (Å²) in [6.07, 6.45) is 4.48. The number of esters is 1. The Morgan fingerprint density at radius 2 is 1.55 bits per heavy atom. The smallest absolute Gasteiger partial charge is 0.319 e. The van der Waals surface area contributed by atoms with Gasteiger partial charge >= 0.3 is 12.0 Å². The number of amides is 2. The molecule has 5 rings (SSSR count). The molecule has 4 aliphatic heterocycles. The lowest BCUT2D eigenvalue weighted by molar-refractivity contribution is -0.151. The average molecular weight is 427 g/mol. The SMILES string of the molecule is O=C(N1CCCC1)N1CCC2(CC1)CC(CN1CCN(c3ccccc3)CC1)OC2=O. The van der Waals surface area contributed by atoms with E-state index in [1.165, 1.54) is 5.69 Å². The fourth-order valence-electron chi connectivity index (χ4n) is 5.70. The Balaban J connectivity index is 1.10. The first kappa shape index (κ1) is 20.6. The van der Waals surface area contributed by atoms with Gasteiger partial charge in [0.2, 0.25) is 0 Å². The molecule has 0 bridgehead atoms. The highest BCUT2D eigenvalue weighted by Crippen LogP contribution is 2.43. The van der Waals surface area contributed by atoms with Gasteiger partial charge in [-0.1, -0.05) is 18.2 Å². The predicted octanol–water partition coefficient (Wildman–Crippen LogP) is 2.42. The van der Waals surface area contributed by atoms with Crippen molar-refractivity contribution in [2.45, 2.75) is 38.2 Å². The van der Waals surface area contributed by atoms with Crippen LogP contribution in [0.2, 0.25) is 0 Å². The number of cyclic esters (lactones) is 1. The number of carbonyl (C=O) groups is 2. The van der Waals surface area contributed by atoms with Gasteiger partial charge in [0.1, 0.15) is 6.10 Å². The van der Waals surface area contributed by atoms with Gasteiger partial charge in [-0.3, -0.25) is 9.69 Å². The van der Waals surface area contributed by atoms with Crippen molar-refractivity contribution in [3.05, 3.63) is 30.3 Å². The molecule has 1 unspecified atom stereocenters. The van der Waals surface area contributed by atoms with E-state index in [1.807, 2.05) is 9.80 Å². The monoisotopic (exact) mass is 426 g/mol. The Kier molecular flexibility index (Phi) is 5.78. The van der Waals surface area contributed by atoms with E-state index in [2.05, 4.69) is 40.1 Å². The maximum Gasteiger partial charge on any atom is 0.319 e. The second-order valence-corrected chi connectivity index (χ2v) is 9.60. The molecule has 31 heavy (non-hydrogen) atoms. The molecule has 0 radical (unpaired) electrons. The number of carbonyl (C=O) groups excluding carboxylic acids is 2. The third-order valence-electron chi connectivity index (χ3n) is 7.65.